The summed E-state index contributed by atoms with van der Waals surface area (Å²) < 4.78 is 6.80. The van der Waals surface area contributed by atoms with Gasteiger partial charge in [-0.3, -0.25) is 25.0 Å². The molecule has 2 aromatic heterocycles. The summed E-state index contributed by atoms with van der Waals surface area (Å²) in [7, 11) is 0. The van der Waals surface area contributed by atoms with E-state index in [9.17, 15) is 19.2 Å². The van der Waals surface area contributed by atoms with Gasteiger partial charge < -0.3 is 15.0 Å². The zero-order valence-corrected chi connectivity index (χ0v) is 23.4. The van der Waals surface area contributed by atoms with Crippen LogP contribution in [0.3, 0.4) is 0 Å². The Kier molecular flexibility index (Phi) is 6.71. The highest BCUT2D eigenvalue weighted by Gasteiger charge is 2.40. The van der Waals surface area contributed by atoms with E-state index in [0.717, 1.165) is 28.6 Å². The highest BCUT2D eigenvalue weighted by molar-refractivity contribution is 7.18. The van der Waals surface area contributed by atoms with Gasteiger partial charge in [0.2, 0.25) is 11.8 Å². The average Bonchev–Trinajstić information content (AvgIpc) is 3.63. The Morgan fingerprint density at radius 3 is 2.77 bits per heavy atom. The molecule has 0 saturated carbocycles. The number of ether oxygens (including phenoxy) is 1. The van der Waals surface area contributed by atoms with Crippen LogP contribution in [-0.4, -0.2) is 51.3 Å². The zero-order valence-electron chi connectivity index (χ0n) is 21.9. The van der Waals surface area contributed by atoms with Crippen LogP contribution in [0.25, 0.3) is 10.2 Å². The maximum atomic E-state index is 13.0. The maximum Gasteiger partial charge on any atom is 0.321 e. The van der Waals surface area contributed by atoms with Crippen molar-refractivity contribution < 1.29 is 23.9 Å². The Morgan fingerprint density at radius 1 is 1.20 bits per heavy atom. The largest absolute Gasteiger partial charge is 0.373 e. The third-order valence-corrected chi connectivity index (χ3v) is 8.88. The summed E-state index contributed by atoms with van der Waals surface area (Å²) in [5.41, 5.74) is 1.80. The van der Waals surface area contributed by atoms with Crippen molar-refractivity contribution in [1.29, 1.82) is 0 Å². The number of urea groups is 1. The van der Waals surface area contributed by atoms with Gasteiger partial charge in [0.25, 0.3) is 5.91 Å². The molecule has 0 bridgehead atoms. The van der Waals surface area contributed by atoms with Crippen molar-refractivity contribution in [2.45, 2.75) is 63.8 Å². The van der Waals surface area contributed by atoms with E-state index in [1.165, 1.54) is 16.2 Å². The molecule has 11 nitrogen and oxygen atoms in total. The SMILES string of the molecule is CC(C)(NC(=O)Nc1ccc2c(n1)CN(C1CCC(=O)NC1=O)C2=O)c1nc2c([C@H]3CCCO3)cc(Cl)cc2s1. The average molecular weight is 583 g/mol. The van der Waals surface area contributed by atoms with Crippen molar-refractivity contribution in [2.24, 2.45) is 0 Å². The summed E-state index contributed by atoms with van der Waals surface area (Å²) >= 11 is 7.86. The van der Waals surface area contributed by atoms with Crippen LogP contribution < -0.4 is 16.0 Å². The van der Waals surface area contributed by atoms with Crippen LogP contribution in [0.2, 0.25) is 5.02 Å². The summed E-state index contributed by atoms with van der Waals surface area (Å²) in [4.78, 5) is 60.4. The molecule has 0 spiro atoms. The molecule has 3 aliphatic heterocycles. The zero-order chi connectivity index (χ0) is 28.2. The first-order chi connectivity index (χ1) is 19.1. The molecule has 0 aliphatic carbocycles. The lowest BCUT2D eigenvalue weighted by molar-refractivity contribution is -0.136. The summed E-state index contributed by atoms with van der Waals surface area (Å²) in [5.74, 6) is -0.895. The van der Waals surface area contributed by atoms with E-state index in [4.69, 9.17) is 21.3 Å². The molecule has 1 unspecified atom stereocenters. The van der Waals surface area contributed by atoms with Gasteiger partial charge in [-0.1, -0.05) is 11.6 Å². The maximum absolute atomic E-state index is 13.0. The third kappa shape index (κ3) is 4.91. The van der Waals surface area contributed by atoms with Crippen LogP contribution in [0.4, 0.5) is 10.6 Å². The van der Waals surface area contributed by atoms with Crippen molar-refractivity contribution in [3.63, 3.8) is 0 Å². The lowest BCUT2D eigenvalue weighted by atomic mass is 10.0. The minimum atomic E-state index is -0.816. The Balaban J connectivity index is 1.16. The van der Waals surface area contributed by atoms with Crippen LogP contribution in [0.15, 0.2) is 24.3 Å². The van der Waals surface area contributed by atoms with Gasteiger partial charge in [0, 0.05) is 23.6 Å². The monoisotopic (exact) mass is 582 g/mol. The number of carbonyl (C=O) groups is 4. The molecule has 40 heavy (non-hydrogen) atoms. The Morgan fingerprint density at radius 2 is 2.02 bits per heavy atom. The number of anilines is 1. The number of thiazole rings is 1. The van der Waals surface area contributed by atoms with Crippen LogP contribution in [0.1, 0.15) is 72.3 Å². The molecule has 5 heterocycles. The molecule has 13 heteroatoms. The topological polar surface area (TPSA) is 143 Å². The number of fused-ring (bicyclic) bond motifs is 2. The highest BCUT2D eigenvalue weighted by atomic mass is 35.5. The fraction of sp³-hybridized carbons (Fsp3) is 0.407. The van der Waals surface area contributed by atoms with E-state index in [2.05, 4.69) is 20.9 Å². The van der Waals surface area contributed by atoms with Gasteiger partial charge in [-0.05, 0) is 57.4 Å². The number of aromatic nitrogens is 2. The predicted octanol–water partition coefficient (Wildman–Crippen LogP) is 4.01. The first-order valence-electron chi connectivity index (χ1n) is 13.0. The number of piperidine rings is 1. The van der Waals surface area contributed by atoms with Crippen molar-refractivity contribution in [3.8, 4) is 0 Å². The number of imide groups is 1. The quantitative estimate of drug-likeness (QED) is 0.386. The minimum Gasteiger partial charge on any atom is -0.373 e. The van der Waals surface area contributed by atoms with Crippen LogP contribution in [-0.2, 0) is 26.4 Å². The van der Waals surface area contributed by atoms with E-state index < -0.39 is 23.5 Å². The number of hydrogen-bond acceptors (Lipinski definition) is 8. The Bertz CT molecular complexity index is 1570. The van der Waals surface area contributed by atoms with Gasteiger partial charge >= 0.3 is 6.03 Å². The van der Waals surface area contributed by atoms with Crippen molar-refractivity contribution in [1.82, 2.24) is 25.5 Å². The first kappa shape index (κ1) is 26.6. The van der Waals surface area contributed by atoms with Gasteiger partial charge in [-0.15, -0.1) is 11.3 Å². The van der Waals surface area contributed by atoms with Gasteiger partial charge in [0.15, 0.2) is 0 Å². The summed E-state index contributed by atoms with van der Waals surface area (Å²) in [6.07, 6.45) is 2.29. The van der Waals surface area contributed by atoms with Crippen LogP contribution >= 0.6 is 22.9 Å². The third-order valence-electron chi connectivity index (χ3n) is 7.34. The number of nitrogens with one attached hydrogen (secondary N) is 3. The lowest BCUT2D eigenvalue weighted by Crippen LogP contribution is -2.52. The lowest BCUT2D eigenvalue weighted by Gasteiger charge is -2.29. The number of amides is 5. The molecule has 2 fully saturated rings. The molecule has 3 aromatic rings. The Labute approximate surface area is 238 Å². The molecule has 3 aliphatic rings. The van der Waals surface area contributed by atoms with E-state index in [1.54, 1.807) is 12.1 Å². The highest BCUT2D eigenvalue weighted by Crippen LogP contribution is 2.39. The van der Waals surface area contributed by atoms with Crippen LogP contribution in [0, 0.1) is 0 Å². The van der Waals surface area contributed by atoms with Gasteiger partial charge in [0.05, 0.1) is 39.7 Å². The molecule has 0 radical (unpaired) electrons. The van der Waals surface area contributed by atoms with E-state index in [-0.39, 0.29) is 43.1 Å². The first-order valence-corrected chi connectivity index (χ1v) is 14.2. The van der Waals surface area contributed by atoms with Gasteiger partial charge in [0.1, 0.15) is 16.9 Å². The Hall–Kier alpha value is -3.61. The molecule has 1 aromatic carbocycles. The fourth-order valence-electron chi connectivity index (χ4n) is 5.35. The number of nitrogens with zero attached hydrogens (tertiary/aromatic N) is 3. The number of rotatable bonds is 5. The number of pyridine rings is 1. The van der Waals surface area contributed by atoms with Gasteiger partial charge in [-0.25, -0.2) is 14.8 Å². The number of carbonyl (C=O) groups excluding carboxylic acids is 4. The molecule has 5 amide bonds. The summed E-state index contributed by atoms with van der Waals surface area (Å²) in [6, 6.07) is 5.69. The van der Waals surface area contributed by atoms with Gasteiger partial charge in [-0.2, -0.15) is 0 Å². The molecular weight excluding hydrogens is 556 g/mol. The molecule has 208 valence electrons. The number of halogens is 1. The van der Waals surface area contributed by atoms with Crippen molar-refractivity contribution in [2.75, 3.05) is 11.9 Å². The number of benzene rings is 1. The minimum absolute atomic E-state index is 0.0424. The van der Waals surface area contributed by atoms with E-state index in [1.807, 2.05) is 26.0 Å². The van der Waals surface area contributed by atoms with Crippen LogP contribution in [0.5, 0.6) is 0 Å². The standard InChI is InChI=1S/C27H27ClN6O5S/c1-27(2,25-32-22-15(18-4-3-9-39-18)10-13(28)11-19(22)40-25)33-26(38)30-20-7-5-14-16(29-20)12-34(24(14)37)17-6-8-21(35)31-23(17)36/h5,7,10-11,17-18H,3-4,6,8-9,12H2,1-2H3,(H,31,35,36)(H2,29,30,33,38)/t17?,18-/m1/s1. The second-order valence-electron chi connectivity index (χ2n) is 10.7. The normalized spacial score (nSPS) is 21.1. The van der Waals surface area contributed by atoms with E-state index >= 15 is 0 Å². The fourth-order valence-corrected chi connectivity index (χ4v) is 6.74. The summed E-state index contributed by atoms with van der Waals surface area (Å²) in [6.45, 7) is 4.56. The second kappa shape index (κ2) is 10.1. The predicted molar refractivity (Wildman–Crippen MR) is 148 cm³/mol. The second-order valence-corrected chi connectivity index (χ2v) is 12.1. The molecule has 2 saturated heterocycles. The molecular formula is C27H27ClN6O5S. The van der Waals surface area contributed by atoms with Crippen molar-refractivity contribution in [3.05, 3.63) is 51.1 Å². The molecule has 2 atom stereocenters. The molecule has 6 rings (SSSR count). The summed E-state index contributed by atoms with van der Waals surface area (Å²) in [5, 5.41) is 9.32. The smallest absolute Gasteiger partial charge is 0.321 e. The number of hydrogen-bond donors (Lipinski definition) is 3. The van der Waals surface area contributed by atoms with Crippen molar-refractivity contribution >= 4 is 62.7 Å². The molecule has 3 N–H and O–H groups in total. The van der Waals surface area contributed by atoms with E-state index in [0.29, 0.717) is 27.9 Å².